The fourth-order valence-corrected chi connectivity index (χ4v) is 2.62. The van der Waals surface area contributed by atoms with Crippen LogP contribution in [0.15, 0.2) is 72.8 Å². The van der Waals surface area contributed by atoms with Gasteiger partial charge in [0.1, 0.15) is 12.4 Å². The number of ether oxygens (including phenoxy) is 1. The van der Waals surface area contributed by atoms with Crippen molar-refractivity contribution in [2.45, 2.75) is 13.2 Å². The molecule has 3 aromatic rings. The van der Waals surface area contributed by atoms with Crippen LogP contribution in [0.2, 0.25) is 5.02 Å². The molecule has 4 nitrogen and oxygen atoms in total. The predicted octanol–water partition coefficient (Wildman–Crippen LogP) is 5.23. The lowest BCUT2D eigenvalue weighted by molar-refractivity contribution is 0.0697. The zero-order valence-electron chi connectivity index (χ0n) is 14.0. The third-order valence-corrected chi connectivity index (χ3v) is 4.20. The number of hydrogen-bond donors (Lipinski definition) is 2. The first kappa shape index (κ1) is 17.8. The molecule has 0 heterocycles. The van der Waals surface area contributed by atoms with Crippen LogP contribution in [-0.2, 0) is 13.2 Å². The van der Waals surface area contributed by atoms with Crippen molar-refractivity contribution < 1.29 is 14.6 Å². The fourth-order valence-electron chi connectivity index (χ4n) is 2.44. The van der Waals surface area contributed by atoms with E-state index < -0.39 is 5.97 Å². The smallest absolute Gasteiger partial charge is 0.335 e. The number of anilines is 1. The Balaban J connectivity index is 1.58. The van der Waals surface area contributed by atoms with Gasteiger partial charge in [0.25, 0.3) is 0 Å². The summed E-state index contributed by atoms with van der Waals surface area (Å²) in [5, 5.41) is 12.7. The molecule has 0 aromatic heterocycles. The molecule has 3 aromatic carbocycles. The summed E-state index contributed by atoms with van der Waals surface area (Å²) in [6.07, 6.45) is 0. The molecule has 5 heteroatoms. The number of rotatable bonds is 7. The largest absolute Gasteiger partial charge is 0.489 e. The number of halogens is 1. The van der Waals surface area contributed by atoms with E-state index in [1.807, 2.05) is 54.6 Å². The van der Waals surface area contributed by atoms with Gasteiger partial charge in [0.05, 0.1) is 16.3 Å². The second-order valence-electron chi connectivity index (χ2n) is 5.77. The van der Waals surface area contributed by atoms with Gasteiger partial charge in [0, 0.05) is 6.54 Å². The van der Waals surface area contributed by atoms with E-state index in [1.54, 1.807) is 6.07 Å². The molecular formula is C21H18ClNO3. The molecule has 132 valence electrons. The number of carboxylic acid groups (broad SMARTS) is 1. The first-order chi connectivity index (χ1) is 12.6. The van der Waals surface area contributed by atoms with E-state index in [9.17, 15) is 4.79 Å². The Morgan fingerprint density at radius 1 is 0.962 bits per heavy atom. The Morgan fingerprint density at radius 3 is 2.38 bits per heavy atom. The summed E-state index contributed by atoms with van der Waals surface area (Å²) >= 11 is 6.12. The van der Waals surface area contributed by atoms with E-state index in [4.69, 9.17) is 21.4 Å². The van der Waals surface area contributed by atoms with Crippen molar-refractivity contribution in [3.63, 3.8) is 0 Å². The van der Waals surface area contributed by atoms with Crippen LogP contribution in [0.25, 0.3) is 0 Å². The normalized spacial score (nSPS) is 10.3. The predicted molar refractivity (Wildman–Crippen MR) is 103 cm³/mol. The van der Waals surface area contributed by atoms with Crippen molar-refractivity contribution in [1.29, 1.82) is 0 Å². The van der Waals surface area contributed by atoms with E-state index >= 15 is 0 Å². The van der Waals surface area contributed by atoms with Crippen molar-refractivity contribution in [2.24, 2.45) is 0 Å². The second-order valence-corrected chi connectivity index (χ2v) is 6.18. The first-order valence-corrected chi connectivity index (χ1v) is 8.52. The molecule has 0 spiro atoms. The highest BCUT2D eigenvalue weighted by Gasteiger charge is 2.07. The lowest BCUT2D eigenvalue weighted by Crippen LogP contribution is -2.03. The number of hydrogen-bond acceptors (Lipinski definition) is 3. The Kier molecular flexibility index (Phi) is 5.77. The van der Waals surface area contributed by atoms with Gasteiger partial charge < -0.3 is 15.2 Å². The van der Waals surface area contributed by atoms with Gasteiger partial charge in [-0.1, -0.05) is 54.1 Å². The van der Waals surface area contributed by atoms with Gasteiger partial charge in [0.15, 0.2) is 0 Å². The van der Waals surface area contributed by atoms with E-state index in [0.29, 0.717) is 23.9 Å². The molecular weight excluding hydrogens is 350 g/mol. The summed E-state index contributed by atoms with van der Waals surface area (Å²) in [4.78, 5) is 11.1. The van der Waals surface area contributed by atoms with Crippen molar-refractivity contribution in [1.82, 2.24) is 0 Å². The number of carboxylic acids is 1. The Hall–Kier alpha value is -2.98. The van der Waals surface area contributed by atoms with E-state index in [1.165, 1.54) is 12.1 Å². The Bertz CT molecular complexity index is 880. The zero-order valence-corrected chi connectivity index (χ0v) is 14.7. The molecule has 0 aliphatic rings. The van der Waals surface area contributed by atoms with Gasteiger partial charge in [-0.15, -0.1) is 0 Å². The molecule has 0 atom stereocenters. The maximum atomic E-state index is 11.1. The molecule has 3 rings (SSSR count). The molecule has 0 bridgehead atoms. The van der Waals surface area contributed by atoms with Gasteiger partial charge in [-0.25, -0.2) is 4.79 Å². The molecule has 0 unspecified atom stereocenters. The molecule has 0 aliphatic heterocycles. The van der Waals surface area contributed by atoms with Gasteiger partial charge in [0.2, 0.25) is 0 Å². The molecule has 0 fully saturated rings. The monoisotopic (exact) mass is 367 g/mol. The van der Waals surface area contributed by atoms with Crippen molar-refractivity contribution in [2.75, 3.05) is 5.32 Å². The van der Waals surface area contributed by atoms with Crippen LogP contribution in [0, 0.1) is 0 Å². The van der Waals surface area contributed by atoms with E-state index in [-0.39, 0.29) is 5.56 Å². The van der Waals surface area contributed by atoms with Gasteiger partial charge >= 0.3 is 5.97 Å². The first-order valence-electron chi connectivity index (χ1n) is 8.14. The second kappa shape index (κ2) is 8.41. The highest BCUT2D eigenvalue weighted by atomic mass is 35.5. The van der Waals surface area contributed by atoms with E-state index in [2.05, 4.69) is 5.32 Å². The summed E-state index contributed by atoms with van der Waals surface area (Å²) in [7, 11) is 0. The Labute approximate surface area is 157 Å². The molecule has 0 amide bonds. The maximum Gasteiger partial charge on any atom is 0.335 e. The van der Waals surface area contributed by atoms with Crippen molar-refractivity contribution in [3.8, 4) is 5.75 Å². The summed E-state index contributed by atoms with van der Waals surface area (Å²) in [5.41, 5.74) is 2.94. The molecule has 26 heavy (non-hydrogen) atoms. The number of aromatic carboxylic acids is 1. The van der Waals surface area contributed by atoms with Crippen LogP contribution in [0.3, 0.4) is 0 Å². The quantitative estimate of drug-likeness (QED) is 0.600. The summed E-state index contributed by atoms with van der Waals surface area (Å²) in [6, 6.07) is 22.3. The number of nitrogens with one attached hydrogen (secondary N) is 1. The summed E-state index contributed by atoms with van der Waals surface area (Å²) in [5.74, 6) is -0.187. The lowest BCUT2D eigenvalue weighted by Gasteiger charge is -2.11. The van der Waals surface area contributed by atoms with Gasteiger partial charge in [-0.05, 0) is 41.5 Å². The highest BCUT2D eigenvalue weighted by Crippen LogP contribution is 2.24. The molecule has 0 aliphatic carbocycles. The minimum Gasteiger partial charge on any atom is -0.489 e. The highest BCUT2D eigenvalue weighted by molar-refractivity contribution is 6.33. The Morgan fingerprint density at radius 2 is 1.69 bits per heavy atom. The number of benzene rings is 3. The maximum absolute atomic E-state index is 11.1. The molecule has 0 saturated heterocycles. The summed E-state index contributed by atoms with van der Waals surface area (Å²) < 4.78 is 5.76. The van der Waals surface area contributed by atoms with Crippen LogP contribution in [-0.4, -0.2) is 11.1 Å². The zero-order chi connectivity index (χ0) is 18.4. The fraction of sp³-hybridized carbons (Fsp3) is 0.0952. The van der Waals surface area contributed by atoms with Crippen molar-refractivity contribution in [3.05, 3.63) is 94.5 Å². The average molecular weight is 368 g/mol. The summed E-state index contributed by atoms with van der Waals surface area (Å²) in [6.45, 7) is 1.05. The average Bonchev–Trinajstić information content (AvgIpc) is 2.67. The third kappa shape index (κ3) is 4.77. The van der Waals surface area contributed by atoms with Crippen LogP contribution in [0.1, 0.15) is 21.5 Å². The van der Waals surface area contributed by atoms with Crippen molar-refractivity contribution >= 4 is 23.3 Å². The van der Waals surface area contributed by atoms with Gasteiger partial charge in [-0.3, -0.25) is 0 Å². The minimum atomic E-state index is -0.982. The van der Waals surface area contributed by atoms with E-state index in [0.717, 1.165) is 16.9 Å². The van der Waals surface area contributed by atoms with Crippen LogP contribution < -0.4 is 10.1 Å². The number of carbonyl (C=O) groups is 1. The lowest BCUT2D eigenvalue weighted by atomic mass is 10.1. The SMILES string of the molecule is O=C(O)c1ccc(Cl)c(NCc2ccc(OCc3ccccc3)cc2)c1. The topological polar surface area (TPSA) is 58.6 Å². The van der Waals surface area contributed by atoms with Gasteiger partial charge in [-0.2, -0.15) is 0 Å². The molecule has 0 radical (unpaired) electrons. The minimum absolute atomic E-state index is 0.196. The van der Waals surface area contributed by atoms with Crippen LogP contribution in [0.5, 0.6) is 5.75 Å². The molecule has 2 N–H and O–H groups in total. The standard InChI is InChI=1S/C21H18ClNO3/c22-19-11-8-17(21(24)25)12-20(19)23-13-15-6-9-18(10-7-15)26-14-16-4-2-1-3-5-16/h1-12,23H,13-14H2,(H,24,25). The molecule has 0 saturated carbocycles. The third-order valence-electron chi connectivity index (χ3n) is 3.87. The van der Waals surface area contributed by atoms with Crippen LogP contribution in [0.4, 0.5) is 5.69 Å². The van der Waals surface area contributed by atoms with Crippen LogP contribution >= 0.6 is 11.6 Å².